The summed E-state index contributed by atoms with van der Waals surface area (Å²) < 4.78 is 3.62. The van der Waals surface area contributed by atoms with E-state index in [0.717, 1.165) is 42.0 Å². The van der Waals surface area contributed by atoms with Gasteiger partial charge in [-0.05, 0) is 26.3 Å². The van der Waals surface area contributed by atoms with E-state index in [2.05, 4.69) is 16.6 Å². The highest BCUT2D eigenvalue weighted by Gasteiger charge is 2.12. The van der Waals surface area contributed by atoms with Gasteiger partial charge in [-0.1, -0.05) is 30.3 Å². The van der Waals surface area contributed by atoms with E-state index in [1.807, 2.05) is 36.4 Å². The van der Waals surface area contributed by atoms with Crippen LogP contribution in [-0.2, 0) is 13.0 Å². The molecule has 0 bridgehead atoms. The Morgan fingerprint density at radius 1 is 1.18 bits per heavy atom. The van der Waals surface area contributed by atoms with Gasteiger partial charge in [0.1, 0.15) is 5.65 Å². The maximum atomic E-state index is 12.3. The smallest absolute Gasteiger partial charge is 0.274 e. The van der Waals surface area contributed by atoms with Gasteiger partial charge in [0.2, 0.25) is 0 Å². The van der Waals surface area contributed by atoms with Crippen molar-refractivity contribution in [2.75, 3.05) is 6.54 Å². The molecule has 0 aliphatic carbocycles. The van der Waals surface area contributed by atoms with Crippen molar-refractivity contribution in [2.24, 2.45) is 5.73 Å². The first-order valence-electron chi connectivity index (χ1n) is 7.62. The summed E-state index contributed by atoms with van der Waals surface area (Å²) in [7, 11) is 0. The van der Waals surface area contributed by atoms with Gasteiger partial charge in [-0.2, -0.15) is 9.61 Å². The molecular weight excluding hydrogens is 276 g/mol. The first-order chi connectivity index (χ1) is 10.7. The highest BCUT2D eigenvalue weighted by atomic mass is 16.1. The Bertz CT molecular complexity index is 833. The minimum atomic E-state index is -0.0890. The largest absolute Gasteiger partial charge is 0.330 e. The van der Waals surface area contributed by atoms with Crippen molar-refractivity contribution in [2.45, 2.75) is 26.3 Å². The topological polar surface area (TPSA) is 65.3 Å². The van der Waals surface area contributed by atoms with E-state index in [4.69, 9.17) is 5.73 Å². The Labute approximate surface area is 129 Å². The van der Waals surface area contributed by atoms with E-state index in [1.54, 1.807) is 6.07 Å². The fourth-order valence-corrected chi connectivity index (χ4v) is 2.76. The zero-order valence-electron chi connectivity index (χ0n) is 12.7. The van der Waals surface area contributed by atoms with Crippen LogP contribution < -0.4 is 11.3 Å². The van der Waals surface area contributed by atoms with Crippen LogP contribution in [0.1, 0.15) is 19.0 Å². The number of rotatable bonds is 5. The average Bonchev–Trinajstić information content (AvgIpc) is 2.99. The minimum Gasteiger partial charge on any atom is -0.330 e. The highest BCUT2D eigenvalue weighted by Crippen LogP contribution is 2.19. The number of benzene rings is 1. The molecule has 0 amide bonds. The first kappa shape index (κ1) is 14.5. The minimum absolute atomic E-state index is 0.0890. The SMILES string of the molecule is CCn1c(CCCN)cc(=O)n2nc(-c3ccccc3)cc12. The molecule has 3 aromatic rings. The van der Waals surface area contributed by atoms with Crippen LogP contribution in [-0.4, -0.2) is 20.7 Å². The third kappa shape index (κ3) is 2.55. The summed E-state index contributed by atoms with van der Waals surface area (Å²) in [5.41, 5.74) is 9.18. The molecule has 3 rings (SSSR count). The zero-order valence-corrected chi connectivity index (χ0v) is 12.7. The zero-order chi connectivity index (χ0) is 15.5. The Kier molecular flexibility index (Phi) is 4.06. The van der Waals surface area contributed by atoms with Gasteiger partial charge in [0.05, 0.1) is 5.69 Å². The van der Waals surface area contributed by atoms with Crippen molar-refractivity contribution in [3.05, 3.63) is 58.5 Å². The number of fused-ring (bicyclic) bond motifs is 1. The van der Waals surface area contributed by atoms with E-state index in [1.165, 1.54) is 4.52 Å². The van der Waals surface area contributed by atoms with Crippen molar-refractivity contribution in [3.8, 4) is 11.3 Å². The van der Waals surface area contributed by atoms with E-state index in [-0.39, 0.29) is 5.56 Å². The predicted octanol–water partition coefficient (Wildman–Crippen LogP) is 2.07. The second-order valence-electron chi connectivity index (χ2n) is 5.28. The van der Waals surface area contributed by atoms with Gasteiger partial charge in [-0.25, -0.2) is 0 Å². The van der Waals surface area contributed by atoms with E-state index in [0.29, 0.717) is 6.54 Å². The van der Waals surface area contributed by atoms with E-state index in [9.17, 15) is 4.79 Å². The average molecular weight is 296 g/mol. The molecule has 0 spiro atoms. The Morgan fingerprint density at radius 2 is 1.95 bits per heavy atom. The molecule has 5 heteroatoms. The lowest BCUT2D eigenvalue weighted by atomic mass is 10.1. The Hall–Kier alpha value is -2.40. The molecule has 0 radical (unpaired) electrons. The van der Waals surface area contributed by atoms with Gasteiger partial charge in [0, 0.05) is 29.9 Å². The molecule has 1 aromatic carbocycles. The lowest BCUT2D eigenvalue weighted by molar-refractivity contribution is 0.669. The number of nitrogens with two attached hydrogens (primary N) is 1. The van der Waals surface area contributed by atoms with Crippen LogP contribution in [0.4, 0.5) is 0 Å². The third-order valence-electron chi connectivity index (χ3n) is 3.84. The van der Waals surface area contributed by atoms with Gasteiger partial charge in [0.25, 0.3) is 5.56 Å². The molecule has 0 aliphatic rings. The molecule has 0 unspecified atom stereocenters. The van der Waals surface area contributed by atoms with Crippen molar-refractivity contribution < 1.29 is 0 Å². The van der Waals surface area contributed by atoms with Gasteiger partial charge in [0.15, 0.2) is 0 Å². The molecule has 114 valence electrons. The van der Waals surface area contributed by atoms with Gasteiger partial charge in [-0.15, -0.1) is 0 Å². The van der Waals surface area contributed by atoms with Crippen molar-refractivity contribution in [1.29, 1.82) is 0 Å². The molecule has 0 saturated carbocycles. The maximum Gasteiger partial charge on any atom is 0.274 e. The standard InChI is InChI=1S/C17H20N4O/c1-2-20-14(9-6-10-18)11-17(22)21-16(20)12-15(19-21)13-7-4-3-5-8-13/h3-5,7-8,11-12H,2,6,9-10,18H2,1H3. The van der Waals surface area contributed by atoms with E-state index < -0.39 is 0 Å². The molecule has 22 heavy (non-hydrogen) atoms. The molecule has 2 aromatic heterocycles. The number of hydrogen-bond donors (Lipinski definition) is 1. The van der Waals surface area contributed by atoms with Crippen molar-refractivity contribution >= 4 is 5.65 Å². The molecule has 2 heterocycles. The fraction of sp³-hybridized carbons (Fsp3) is 0.294. The summed E-state index contributed by atoms with van der Waals surface area (Å²) in [5, 5.41) is 4.47. The van der Waals surface area contributed by atoms with Crippen LogP contribution >= 0.6 is 0 Å². The summed E-state index contributed by atoms with van der Waals surface area (Å²) >= 11 is 0. The summed E-state index contributed by atoms with van der Waals surface area (Å²) in [4.78, 5) is 12.3. The van der Waals surface area contributed by atoms with Gasteiger partial charge < -0.3 is 10.3 Å². The van der Waals surface area contributed by atoms with Crippen molar-refractivity contribution in [3.63, 3.8) is 0 Å². The number of aromatic nitrogens is 3. The first-order valence-corrected chi connectivity index (χ1v) is 7.62. The summed E-state index contributed by atoms with van der Waals surface area (Å²) in [6.45, 7) is 3.49. The quantitative estimate of drug-likeness (QED) is 0.784. The summed E-state index contributed by atoms with van der Waals surface area (Å²) in [5.74, 6) is 0. The lowest BCUT2D eigenvalue weighted by Gasteiger charge is -2.12. The van der Waals surface area contributed by atoms with Crippen LogP contribution in [0.2, 0.25) is 0 Å². The molecule has 5 nitrogen and oxygen atoms in total. The second kappa shape index (κ2) is 6.15. The second-order valence-corrected chi connectivity index (χ2v) is 5.28. The summed E-state index contributed by atoms with van der Waals surface area (Å²) in [6.07, 6.45) is 1.68. The third-order valence-corrected chi connectivity index (χ3v) is 3.84. The van der Waals surface area contributed by atoms with Gasteiger partial charge >= 0.3 is 0 Å². The van der Waals surface area contributed by atoms with Crippen LogP contribution in [0.25, 0.3) is 16.9 Å². The van der Waals surface area contributed by atoms with Crippen LogP contribution in [0, 0.1) is 0 Å². The van der Waals surface area contributed by atoms with Crippen LogP contribution in [0.15, 0.2) is 47.3 Å². The fourth-order valence-electron chi connectivity index (χ4n) is 2.76. The Morgan fingerprint density at radius 3 is 2.64 bits per heavy atom. The number of nitrogens with zero attached hydrogens (tertiary/aromatic N) is 3. The molecule has 2 N–H and O–H groups in total. The molecule has 0 fully saturated rings. The predicted molar refractivity (Wildman–Crippen MR) is 87.9 cm³/mol. The Balaban J connectivity index is 2.18. The number of aryl methyl sites for hydroxylation is 2. The molecule has 0 atom stereocenters. The number of hydrogen-bond acceptors (Lipinski definition) is 3. The molecule has 0 aliphatic heterocycles. The molecular formula is C17H20N4O. The highest BCUT2D eigenvalue weighted by molar-refractivity contribution is 5.64. The van der Waals surface area contributed by atoms with E-state index >= 15 is 0 Å². The van der Waals surface area contributed by atoms with Crippen molar-refractivity contribution in [1.82, 2.24) is 14.2 Å². The van der Waals surface area contributed by atoms with Crippen LogP contribution in [0.3, 0.4) is 0 Å². The monoisotopic (exact) mass is 296 g/mol. The summed E-state index contributed by atoms with van der Waals surface area (Å²) in [6, 6.07) is 13.6. The lowest BCUT2D eigenvalue weighted by Crippen LogP contribution is -2.21. The maximum absolute atomic E-state index is 12.3. The molecule has 0 saturated heterocycles. The van der Waals surface area contributed by atoms with Gasteiger partial charge in [-0.3, -0.25) is 4.79 Å². The van der Waals surface area contributed by atoms with Crippen LogP contribution in [0.5, 0.6) is 0 Å². The normalized spacial score (nSPS) is 11.2.